The van der Waals surface area contributed by atoms with Crippen LogP contribution in [0.2, 0.25) is 0 Å². The number of hydrogen-bond acceptors (Lipinski definition) is 5. The van der Waals surface area contributed by atoms with Gasteiger partial charge >= 0.3 is 5.97 Å². The van der Waals surface area contributed by atoms with Crippen LogP contribution in [0.5, 0.6) is 0 Å². The van der Waals surface area contributed by atoms with Crippen LogP contribution in [-0.2, 0) is 14.3 Å². The van der Waals surface area contributed by atoms with E-state index in [-0.39, 0.29) is 0 Å². The predicted molar refractivity (Wildman–Crippen MR) is 44.8 cm³/mol. The van der Waals surface area contributed by atoms with Gasteiger partial charge in [0.05, 0.1) is 6.10 Å². The molecule has 0 amide bonds. The summed E-state index contributed by atoms with van der Waals surface area (Å²) < 4.78 is 9.75. The Kier molecular flexibility index (Phi) is 3.43. The first-order valence-electron chi connectivity index (χ1n) is 4.26. The Balaban J connectivity index is 2.80. The SMILES string of the molecule is COC1C(O)C(C)OC(C(=O)O)C1O. The summed E-state index contributed by atoms with van der Waals surface area (Å²) in [5.74, 6) is -1.27. The van der Waals surface area contributed by atoms with Gasteiger partial charge in [-0.1, -0.05) is 0 Å². The Labute approximate surface area is 81.1 Å². The summed E-state index contributed by atoms with van der Waals surface area (Å²) >= 11 is 0. The lowest BCUT2D eigenvalue weighted by Gasteiger charge is -2.39. The molecule has 0 bridgehead atoms. The molecular formula is C8H14O6. The van der Waals surface area contributed by atoms with Crippen LogP contribution >= 0.6 is 0 Å². The fraction of sp³-hybridized carbons (Fsp3) is 0.875. The molecule has 82 valence electrons. The van der Waals surface area contributed by atoms with Crippen LogP contribution in [0.15, 0.2) is 0 Å². The quantitative estimate of drug-likeness (QED) is 0.514. The summed E-state index contributed by atoms with van der Waals surface area (Å²) in [5, 5.41) is 27.7. The molecule has 6 nitrogen and oxygen atoms in total. The van der Waals surface area contributed by atoms with E-state index in [4.69, 9.17) is 14.6 Å². The molecule has 1 aliphatic rings. The van der Waals surface area contributed by atoms with E-state index in [9.17, 15) is 15.0 Å². The second-order valence-electron chi connectivity index (χ2n) is 3.28. The van der Waals surface area contributed by atoms with Gasteiger partial charge in [-0.05, 0) is 6.92 Å². The van der Waals surface area contributed by atoms with Crippen LogP contribution in [0.4, 0.5) is 0 Å². The molecule has 0 aromatic carbocycles. The Bertz CT molecular complexity index is 218. The molecular weight excluding hydrogens is 192 g/mol. The van der Waals surface area contributed by atoms with Crippen molar-refractivity contribution in [1.82, 2.24) is 0 Å². The number of aliphatic hydroxyl groups excluding tert-OH is 2. The minimum Gasteiger partial charge on any atom is -0.479 e. The largest absolute Gasteiger partial charge is 0.479 e. The molecule has 1 aliphatic heterocycles. The lowest BCUT2D eigenvalue weighted by atomic mass is 9.95. The highest BCUT2D eigenvalue weighted by Crippen LogP contribution is 2.22. The van der Waals surface area contributed by atoms with E-state index in [2.05, 4.69) is 0 Å². The normalized spacial score (nSPS) is 43.6. The van der Waals surface area contributed by atoms with Crippen molar-refractivity contribution in [3.8, 4) is 0 Å². The van der Waals surface area contributed by atoms with Crippen molar-refractivity contribution in [2.24, 2.45) is 0 Å². The number of carbonyl (C=O) groups is 1. The van der Waals surface area contributed by atoms with Gasteiger partial charge in [-0.3, -0.25) is 0 Å². The highest BCUT2D eigenvalue weighted by Gasteiger charge is 2.46. The van der Waals surface area contributed by atoms with Gasteiger partial charge in [0.2, 0.25) is 0 Å². The summed E-state index contributed by atoms with van der Waals surface area (Å²) in [7, 11) is 1.30. The van der Waals surface area contributed by atoms with Crippen molar-refractivity contribution in [1.29, 1.82) is 0 Å². The van der Waals surface area contributed by atoms with Gasteiger partial charge in [0, 0.05) is 7.11 Å². The van der Waals surface area contributed by atoms with E-state index >= 15 is 0 Å². The monoisotopic (exact) mass is 206 g/mol. The first-order valence-corrected chi connectivity index (χ1v) is 4.26. The van der Waals surface area contributed by atoms with Crippen molar-refractivity contribution in [2.75, 3.05) is 7.11 Å². The van der Waals surface area contributed by atoms with E-state index in [0.717, 1.165) is 0 Å². The number of aliphatic carboxylic acids is 1. The summed E-state index contributed by atoms with van der Waals surface area (Å²) in [6, 6.07) is 0. The predicted octanol–water partition coefficient (Wildman–Crippen LogP) is -1.40. The number of rotatable bonds is 2. The maximum absolute atomic E-state index is 10.7. The smallest absolute Gasteiger partial charge is 0.335 e. The molecule has 0 spiro atoms. The number of carboxylic acid groups (broad SMARTS) is 1. The topological polar surface area (TPSA) is 96.2 Å². The third-order valence-electron chi connectivity index (χ3n) is 2.34. The van der Waals surface area contributed by atoms with Gasteiger partial charge in [-0.25, -0.2) is 4.79 Å². The van der Waals surface area contributed by atoms with Crippen molar-refractivity contribution in [3.63, 3.8) is 0 Å². The molecule has 6 heteroatoms. The summed E-state index contributed by atoms with van der Waals surface area (Å²) in [4.78, 5) is 10.7. The van der Waals surface area contributed by atoms with Crippen molar-refractivity contribution < 1.29 is 29.6 Å². The first kappa shape index (κ1) is 11.4. The van der Waals surface area contributed by atoms with Gasteiger partial charge in [-0.2, -0.15) is 0 Å². The molecule has 3 N–H and O–H groups in total. The minimum atomic E-state index is -1.36. The average molecular weight is 206 g/mol. The number of carboxylic acids is 1. The summed E-state index contributed by atoms with van der Waals surface area (Å²) in [6.07, 6.45) is -5.34. The zero-order chi connectivity index (χ0) is 10.9. The van der Waals surface area contributed by atoms with E-state index in [1.54, 1.807) is 0 Å². The summed E-state index contributed by atoms with van der Waals surface area (Å²) in [6.45, 7) is 1.53. The zero-order valence-corrected chi connectivity index (χ0v) is 7.95. The van der Waals surface area contributed by atoms with Crippen LogP contribution in [0.3, 0.4) is 0 Å². The number of aliphatic hydroxyl groups is 2. The first-order chi connectivity index (χ1) is 6.49. The van der Waals surface area contributed by atoms with Crippen LogP contribution in [0.1, 0.15) is 6.92 Å². The Morgan fingerprint density at radius 3 is 2.36 bits per heavy atom. The molecule has 0 aromatic heterocycles. The minimum absolute atomic E-state index is 0.676. The van der Waals surface area contributed by atoms with Crippen molar-refractivity contribution >= 4 is 5.97 Å². The maximum Gasteiger partial charge on any atom is 0.335 e. The zero-order valence-electron chi connectivity index (χ0n) is 7.95. The molecule has 1 rings (SSSR count). The molecule has 1 heterocycles. The van der Waals surface area contributed by atoms with Crippen molar-refractivity contribution in [2.45, 2.75) is 37.4 Å². The van der Waals surface area contributed by atoms with E-state index in [0.29, 0.717) is 0 Å². The highest BCUT2D eigenvalue weighted by atomic mass is 16.6. The second kappa shape index (κ2) is 4.22. The lowest BCUT2D eigenvalue weighted by molar-refractivity contribution is -0.229. The molecule has 1 saturated heterocycles. The molecule has 0 saturated carbocycles. The molecule has 5 atom stereocenters. The standard InChI is InChI=1S/C8H14O6/c1-3-4(9)6(13-2)5(10)7(14-3)8(11)12/h3-7,9-10H,1-2H3,(H,11,12). The van der Waals surface area contributed by atoms with Crippen LogP contribution in [0, 0.1) is 0 Å². The fourth-order valence-corrected chi connectivity index (χ4v) is 1.52. The maximum atomic E-state index is 10.7. The van der Waals surface area contributed by atoms with Crippen LogP contribution < -0.4 is 0 Å². The van der Waals surface area contributed by atoms with E-state index < -0.39 is 36.5 Å². The number of methoxy groups -OCH3 is 1. The molecule has 0 aliphatic carbocycles. The number of ether oxygens (including phenoxy) is 2. The number of hydrogen-bond donors (Lipinski definition) is 3. The van der Waals surface area contributed by atoms with Crippen LogP contribution in [0.25, 0.3) is 0 Å². The molecule has 14 heavy (non-hydrogen) atoms. The molecule has 0 radical (unpaired) electrons. The highest BCUT2D eigenvalue weighted by molar-refractivity contribution is 5.73. The third-order valence-corrected chi connectivity index (χ3v) is 2.34. The van der Waals surface area contributed by atoms with Gasteiger partial charge in [0.15, 0.2) is 6.10 Å². The average Bonchev–Trinajstić information content (AvgIpc) is 2.12. The molecule has 1 fully saturated rings. The Morgan fingerprint density at radius 2 is 1.93 bits per heavy atom. The van der Waals surface area contributed by atoms with Gasteiger partial charge in [0.1, 0.15) is 18.3 Å². The fourth-order valence-electron chi connectivity index (χ4n) is 1.52. The van der Waals surface area contributed by atoms with E-state index in [1.807, 2.05) is 0 Å². The lowest BCUT2D eigenvalue weighted by Crippen LogP contribution is -2.59. The Hall–Kier alpha value is -0.690. The van der Waals surface area contributed by atoms with Crippen molar-refractivity contribution in [3.05, 3.63) is 0 Å². The molecule has 0 aromatic rings. The second-order valence-corrected chi connectivity index (χ2v) is 3.28. The summed E-state index contributed by atoms with van der Waals surface area (Å²) in [5.41, 5.74) is 0. The third kappa shape index (κ3) is 1.88. The molecule has 5 unspecified atom stereocenters. The van der Waals surface area contributed by atoms with Crippen LogP contribution in [-0.4, -0.2) is 58.9 Å². The van der Waals surface area contributed by atoms with Gasteiger partial charge < -0.3 is 24.8 Å². The van der Waals surface area contributed by atoms with E-state index in [1.165, 1.54) is 14.0 Å². The van der Waals surface area contributed by atoms with Gasteiger partial charge in [0.25, 0.3) is 0 Å². The van der Waals surface area contributed by atoms with Gasteiger partial charge in [-0.15, -0.1) is 0 Å². The Morgan fingerprint density at radius 1 is 1.36 bits per heavy atom.